The van der Waals surface area contributed by atoms with E-state index in [9.17, 15) is 4.79 Å². The third-order valence-electron chi connectivity index (χ3n) is 4.12. The van der Waals surface area contributed by atoms with Crippen LogP contribution < -0.4 is 5.32 Å². The minimum Gasteiger partial charge on any atom is -0.342 e. The number of thiazole rings is 1. The Labute approximate surface area is 133 Å². The molecule has 0 saturated heterocycles. The van der Waals surface area contributed by atoms with Gasteiger partial charge >= 0.3 is 0 Å². The number of hydrogen-bond acceptors (Lipinski definition) is 5. The number of nitrogens with one attached hydrogen (secondary N) is 1. The van der Waals surface area contributed by atoms with Crippen molar-refractivity contribution in [2.75, 3.05) is 0 Å². The van der Waals surface area contributed by atoms with E-state index in [1.807, 2.05) is 23.9 Å². The lowest BCUT2D eigenvalue weighted by atomic mass is 9.96. The number of aromatic nitrogens is 4. The molecule has 1 aliphatic carbocycles. The van der Waals surface area contributed by atoms with Crippen LogP contribution in [-0.4, -0.2) is 25.9 Å². The summed E-state index contributed by atoms with van der Waals surface area (Å²) in [6, 6.07) is 0.263. The minimum atomic E-state index is -0.194. The second kappa shape index (κ2) is 6.56. The van der Waals surface area contributed by atoms with Crippen LogP contribution >= 0.6 is 11.3 Å². The highest BCUT2D eigenvalue weighted by molar-refractivity contribution is 7.09. The quantitative estimate of drug-likeness (QED) is 0.940. The van der Waals surface area contributed by atoms with Crippen molar-refractivity contribution < 1.29 is 4.79 Å². The highest BCUT2D eigenvalue weighted by atomic mass is 32.1. The molecule has 3 rings (SSSR count). The fraction of sp³-hybridized carbons (Fsp3) is 0.600. The molecule has 7 heteroatoms. The van der Waals surface area contributed by atoms with Gasteiger partial charge < -0.3 is 5.32 Å². The third kappa shape index (κ3) is 3.35. The molecule has 0 bridgehead atoms. The monoisotopic (exact) mass is 319 g/mol. The van der Waals surface area contributed by atoms with E-state index in [2.05, 4.69) is 20.6 Å². The number of carbonyl (C=O) groups is 1. The Kier molecular flexibility index (Phi) is 4.52. The summed E-state index contributed by atoms with van der Waals surface area (Å²) in [5.41, 5.74) is 1.26. The molecule has 0 aliphatic heterocycles. The molecular formula is C15H21N5OS. The van der Waals surface area contributed by atoms with Gasteiger partial charge in [0.15, 0.2) is 5.69 Å². The lowest BCUT2D eigenvalue weighted by molar-refractivity contribution is 0.0934. The summed E-state index contributed by atoms with van der Waals surface area (Å²) < 4.78 is 1.85. The Balaban J connectivity index is 1.63. The Morgan fingerprint density at radius 2 is 2.18 bits per heavy atom. The second-order valence-electron chi connectivity index (χ2n) is 5.86. The van der Waals surface area contributed by atoms with Gasteiger partial charge in [-0.3, -0.25) is 4.79 Å². The van der Waals surface area contributed by atoms with Crippen LogP contribution in [0.25, 0.3) is 0 Å². The van der Waals surface area contributed by atoms with Crippen LogP contribution in [0.4, 0.5) is 0 Å². The van der Waals surface area contributed by atoms with Crippen molar-refractivity contribution >= 4 is 17.2 Å². The molecule has 1 aliphatic rings. The Hall–Kier alpha value is -1.76. The third-order valence-corrected chi connectivity index (χ3v) is 4.91. The molecule has 2 aromatic heterocycles. The van der Waals surface area contributed by atoms with Gasteiger partial charge in [-0.25, -0.2) is 9.67 Å². The first-order valence-electron chi connectivity index (χ1n) is 7.78. The molecule has 2 heterocycles. The first kappa shape index (κ1) is 15.1. The molecule has 1 saturated carbocycles. The van der Waals surface area contributed by atoms with Crippen LogP contribution in [0.3, 0.4) is 0 Å². The molecule has 1 unspecified atom stereocenters. The van der Waals surface area contributed by atoms with E-state index in [-0.39, 0.29) is 11.9 Å². The number of aryl methyl sites for hydroxylation is 1. The number of carbonyl (C=O) groups excluding carboxylic acids is 1. The van der Waals surface area contributed by atoms with E-state index in [1.165, 1.54) is 19.3 Å². The van der Waals surface area contributed by atoms with Crippen LogP contribution in [0.1, 0.15) is 72.3 Å². The van der Waals surface area contributed by atoms with Crippen molar-refractivity contribution in [3.05, 3.63) is 28.0 Å². The van der Waals surface area contributed by atoms with Crippen LogP contribution in [0.5, 0.6) is 0 Å². The fourth-order valence-electron chi connectivity index (χ4n) is 2.83. The lowest BCUT2D eigenvalue weighted by Gasteiger charge is -2.20. The highest BCUT2D eigenvalue weighted by Gasteiger charge is 2.20. The summed E-state index contributed by atoms with van der Waals surface area (Å²) in [7, 11) is 0. The number of rotatable bonds is 4. The zero-order valence-corrected chi connectivity index (χ0v) is 13.8. The summed E-state index contributed by atoms with van der Waals surface area (Å²) in [6.07, 6.45) is 7.77. The highest BCUT2D eigenvalue weighted by Crippen LogP contribution is 2.27. The summed E-state index contributed by atoms with van der Waals surface area (Å²) in [5, 5.41) is 14.1. The molecule has 1 fully saturated rings. The van der Waals surface area contributed by atoms with Gasteiger partial charge in [0, 0.05) is 5.38 Å². The lowest BCUT2D eigenvalue weighted by Crippen LogP contribution is -2.27. The average Bonchev–Trinajstić information content (AvgIpc) is 3.17. The maximum atomic E-state index is 12.3. The zero-order valence-electron chi connectivity index (χ0n) is 13.0. The average molecular weight is 319 g/mol. The molecule has 22 heavy (non-hydrogen) atoms. The number of hydrogen-bond donors (Lipinski definition) is 1. The van der Waals surface area contributed by atoms with Crippen molar-refractivity contribution in [2.45, 2.75) is 58.0 Å². The molecule has 1 amide bonds. The molecule has 0 aromatic carbocycles. The first-order chi connectivity index (χ1) is 10.6. The van der Waals surface area contributed by atoms with Gasteiger partial charge in [0.05, 0.1) is 29.0 Å². The molecular weight excluding hydrogens is 298 g/mol. The van der Waals surface area contributed by atoms with Crippen LogP contribution in [-0.2, 0) is 0 Å². The zero-order chi connectivity index (χ0) is 15.5. The van der Waals surface area contributed by atoms with Crippen molar-refractivity contribution in [2.24, 2.45) is 0 Å². The van der Waals surface area contributed by atoms with E-state index in [0.29, 0.717) is 11.7 Å². The topological polar surface area (TPSA) is 72.7 Å². The van der Waals surface area contributed by atoms with E-state index in [1.54, 1.807) is 17.5 Å². The maximum Gasteiger partial charge on any atom is 0.273 e. The van der Waals surface area contributed by atoms with Crippen LogP contribution in [0.2, 0.25) is 0 Å². The van der Waals surface area contributed by atoms with E-state index in [0.717, 1.165) is 23.5 Å². The molecule has 1 atom stereocenters. The molecule has 118 valence electrons. The fourth-order valence-corrected chi connectivity index (χ4v) is 3.53. The van der Waals surface area contributed by atoms with Gasteiger partial charge in [-0.05, 0) is 26.7 Å². The van der Waals surface area contributed by atoms with Crippen molar-refractivity contribution in [1.29, 1.82) is 0 Å². The van der Waals surface area contributed by atoms with Crippen LogP contribution in [0.15, 0.2) is 11.6 Å². The number of nitrogens with zero attached hydrogens (tertiary/aromatic N) is 4. The molecule has 2 aromatic rings. The van der Waals surface area contributed by atoms with Crippen molar-refractivity contribution in [1.82, 2.24) is 25.3 Å². The van der Waals surface area contributed by atoms with Gasteiger partial charge in [-0.2, -0.15) is 0 Å². The Bertz CT molecular complexity index is 644. The van der Waals surface area contributed by atoms with E-state index in [4.69, 9.17) is 0 Å². The maximum absolute atomic E-state index is 12.3. The largest absolute Gasteiger partial charge is 0.342 e. The van der Waals surface area contributed by atoms with Gasteiger partial charge in [0.1, 0.15) is 0 Å². The molecule has 0 spiro atoms. The normalized spacial score (nSPS) is 17.4. The molecule has 6 nitrogen and oxygen atoms in total. The second-order valence-corrected chi connectivity index (χ2v) is 6.92. The predicted molar refractivity (Wildman–Crippen MR) is 84.9 cm³/mol. The SMILES string of the molecule is Cc1nc(C(C)NC(=O)c2cn(C3CCCCC3)nn2)cs1. The van der Waals surface area contributed by atoms with Crippen molar-refractivity contribution in [3.8, 4) is 0 Å². The summed E-state index contributed by atoms with van der Waals surface area (Å²) in [4.78, 5) is 16.7. The smallest absolute Gasteiger partial charge is 0.273 e. The summed E-state index contributed by atoms with van der Waals surface area (Å²) in [5.74, 6) is -0.194. The van der Waals surface area contributed by atoms with Gasteiger partial charge in [-0.15, -0.1) is 16.4 Å². The van der Waals surface area contributed by atoms with E-state index >= 15 is 0 Å². The van der Waals surface area contributed by atoms with Crippen molar-refractivity contribution in [3.63, 3.8) is 0 Å². The first-order valence-corrected chi connectivity index (χ1v) is 8.66. The van der Waals surface area contributed by atoms with Gasteiger partial charge in [0.2, 0.25) is 0 Å². The Morgan fingerprint density at radius 1 is 1.41 bits per heavy atom. The summed E-state index contributed by atoms with van der Waals surface area (Å²) in [6.45, 7) is 3.89. The predicted octanol–water partition coefficient (Wildman–Crippen LogP) is 3.04. The number of amides is 1. The van der Waals surface area contributed by atoms with Gasteiger partial charge in [-0.1, -0.05) is 24.5 Å². The van der Waals surface area contributed by atoms with Crippen LogP contribution in [0, 0.1) is 6.92 Å². The molecule has 0 radical (unpaired) electrons. The summed E-state index contributed by atoms with van der Waals surface area (Å²) >= 11 is 1.58. The minimum absolute atomic E-state index is 0.128. The standard InChI is InChI=1S/C15H21N5OS/c1-10(14-9-22-11(2)17-14)16-15(21)13-8-20(19-18-13)12-6-4-3-5-7-12/h8-10,12H,3-7H2,1-2H3,(H,16,21). The van der Waals surface area contributed by atoms with E-state index < -0.39 is 0 Å². The molecule has 1 N–H and O–H groups in total. The Morgan fingerprint density at radius 3 is 2.86 bits per heavy atom. The van der Waals surface area contributed by atoms with Gasteiger partial charge in [0.25, 0.3) is 5.91 Å².